The average Bonchev–Trinajstić information content (AvgIpc) is 2.07. The topological polar surface area (TPSA) is 69.4 Å². The smallest absolute Gasteiger partial charge is 0.212 e. The van der Waals surface area contributed by atoms with Crippen LogP contribution in [0.25, 0.3) is 0 Å². The largest absolute Gasteiger partial charge is 0.489 e. The summed E-state index contributed by atoms with van der Waals surface area (Å²) in [6.07, 6.45) is 0. The maximum Gasteiger partial charge on any atom is 0.212 e. The van der Waals surface area contributed by atoms with Gasteiger partial charge < -0.3 is 4.74 Å². The minimum Gasteiger partial charge on any atom is -0.489 e. The summed E-state index contributed by atoms with van der Waals surface area (Å²) in [7, 11) is -3.57. The molecule has 0 fully saturated rings. The van der Waals surface area contributed by atoms with Gasteiger partial charge >= 0.3 is 0 Å². The van der Waals surface area contributed by atoms with Crippen LogP contribution in [0.3, 0.4) is 0 Å². The standard InChI is InChI=1S/C8H8Cl3NO3S/c9-5-3-6(10)8(7(11)4-5)15-1-2-16(12,13)14/h3-4H,1-2H2,(H2,12,13,14). The van der Waals surface area contributed by atoms with Crippen molar-refractivity contribution < 1.29 is 13.2 Å². The number of hydrogen-bond acceptors (Lipinski definition) is 3. The van der Waals surface area contributed by atoms with Gasteiger partial charge in [0.15, 0.2) is 5.75 Å². The van der Waals surface area contributed by atoms with Crippen LogP contribution in [-0.4, -0.2) is 20.8 Å². The van der Waals surface area contributed by atoms with E-state index in [2.05, 4.69) is 0 Å². The fourth-order valence-electron chi connectivity index (χ4n) is 0.927. The second-order valence-corrected chi connectivity index (χ2v) is 5.90. The minimum atomic E-state index is -3.57. The third-order valence-corrected chi connectivity index (χ3v) is 3.09. The molecular formula is C8H8Cl3NO3S. The normalized spacial score (nSPS) is 11.5. The molecule has 0 amide bonds. The number of halogens is 3. The lowest BCUT2D eigenvalue weighted by atomic mass is 10.3. The maximum atomic E-state index is 10.7. The molecule has 2 N–H and O–H groups in total. The molecule has 1 aromatic rings. The van der Waals surface area contributed by atoms with Crippen molar-refractivity contribution in [2.24, 2.45) is 5.14 Å². The Hall–Kier alpha value is -0.200. The molecule has 0 saturated carbocycles. The predicted molar refractivity (Wildman–Crippen MR) is 64.9 cm³/mol. The molecule has 90 valence electrons. The first-order valence-corrected chi connectivity index (χ1v) is 6.92. The van der Waals surface area contributed by atoms with Gasteiger partial charge in [-0.1, -0.05) is 34.8 Å². The van der Waals surface area contributed by atoms with Gasteiger partial charge in [-0.2, -0.15) is 0 Å². The molecule has 4 nitrogen and oxygen atoms in total. The van der Waals surface area contributed by atoms with Gasteiger partial charge in [0, 0.05) is 5.02 Å². The van der Waals surface area contributed by atoms with E-state index >= 15 is 0 Å². The Morgan fingerprint density at radius 2 is 1.69 bits per heavy atom. The summed E-state index contributed by atoms with van der Waals surface area (Å²) in [6.45, 7) is -0.125. The van der Waals surface area contributed by atoms with Crippen molar-refractivity contribution in [1.29, 1.82) is 0 Å². The molecule has 0 atom stereocenters. The number of sulfonamides is 1. The lowest BCUT2D eigenvalue weighted by molar-refractivity contribution is 0.341. The van der Waals surface area contributed by atoms with E-state index in [0.717, 1.165) is 0 Å². The molecular weight excluding hydrogens is 297 g/mol. The van der Waals surface area contributed by atoms with Crippen LogP contribution >= 0.6 is 34.8 Å². The fraction of sp³-hybridized carbons (Fsp3) is 0.250. The van der Waals surface area contributed by atoms with Gasteiger partial charge in [0.05, 0.1) is 15.8 Å². The van der Waals surface area contributed by atoms with Gasteiger partial charge in [0.2, 0.25) is 10.0 Å². The summed E-state index contributed by atoms with van der Waals surface area (Å²) >= 11 is 17.3. The highest BCUT2D eigenvalue weighted by Crippen LogP contribution is 2.35. The number of primary sulfonamides is 1. The van der Waals surface area contributed by atoms with Gasteiger partial charge in [0.1, 0.15) is 6.61 Å². The highest BCUT2D eigenvalue weighted by Gasteiger charge is 2.10. The third-order valence-electron chi connectivity index (χ3n) is 1.58. The first-order valence-electron chi connectivity index (χ1n) is 4.07. The lowest BCUT2D eigenvalue weighted by Gasteiger charge is -2.09. The molecule has 0 unspecified atom stereocenters. The van der Waals surface area contributed by atoms with E-state index in [-0.39, 0.29) is 28.2 Å². The Labute approximate surface area is 108 Å². The van der Waals surface area contributed by atoms with Crippen molar-refractivity contribution in [2.75, 3.05) is 12.4 Å². The van der Waals surface area contributed by atoms with Crippen LogP contribution in [0, 0.1) is 0 Å². The Morgan fingerprint density at radius 1 is 1.19 bits per heavy atom. The van der Waals surface area contributed by atoms with E-state index in [1.165, 1.54) is 12.1 Å². The van der Waals surface area contributed by atoms with Gasteiger partial charge in [-0.25, -0.2) is 13.6 Å². The molecule has 0 aromatic heterocycles. The summed E-state index contributed by atoms with van der Waals surface area (Å²) in [6, 6.07) is 2.89. The fourth-order valence-corrected chi connectivity index (χ4v) is 2.17. The maximum absolute atomic E-state index is 10.7. The Kier molecular flexibility index (Phi) is 4.70. The van der Waals surface area contributed by atoms with Gasteiger partial charge in [-0.3, -0.25) is 0 Å². The van der Waals surface area contributed by atoms with Crippen molar-refractivity contribution in [1.82, 2.24) is 0 Å². The Morgan fingerprint density at radius 3 is 2.12 bits per heavy atom. The molecule has 0 bridgehead atoms. The van der Waals surface area contributed by atoms with E-state index in [1.54, 1.807) is 0 Å². The zero-order valence-electron chi connectivity index (χ0n) is 7.91. The van der Waals surface area contributed by atoms with Gasteiger partial charge in [0.25, 0.3) is 0 Å². The number of rotatable bonds is 4. The second-order valence-electron chi connectivity index (χ2n) is 2.91. The lowest BCUT2D eigenvalue weighted by Crippen LogP contribution is -2.21. The van der Waals surface area contributed by atoms with Crippen molar-refractivity contribution in [2.45, 2.75) is 0 Å². The molecule has 0 spiro atoms. The quantitative estimate of drug-likeness (QED) is 0.928. The number of benzene rings is 1. The molecule has 0 aliphatic carbocycles. The van der Waals surface area contributed by atoms with Crippen LogP contribution in [0.2, 0.25) is 15.1 Å². The van der Waals surface area contributed by atoms with Gasteiger partial charge in [-0.05, 0) is 12.1 Å². The summed E-state index contributed by atoms with van der Waals surface area (Å²) in [5.74, 6) is -0.126. The first-order chi connectivity index (χ1) is 7.29. The molecule has 16 heavy (non-hydrogen) atoms. The molecule has 0 aliphatic rings. The van der Waals surface area contributed by atoms with Crippen molar-refractivity contribution in [3.8, 4) is 5.75 Å². The van der Waals surface area contributed by atoms with E-state index < -0.39 is 10.0 Å². The highest BCUT2D eigenvalue weighted by atomic mass is 35.5. The zero-order valence-corrected chi connectivity index (χ0v) is 11.0. The second kappa shape index (κ2) is 5.42. The summed E-state index contributed by atoms with van der Waals surface area (Å²) in [4.78, 5) is 0. The SMILES string of the molecule is NS(=O)(=O)CCOc1c(Cl)cc(Cl)cc1Cl. The predicted octanol–water partition coefficient (Wildman–Crippen LogP) is 2.31. The van der Waals surface area contributed by atoms with Crippen LogP contribution in [0.5, 0.6) is 5.75 Å². The van der Waals surface area contributed by atoms with Crippen LogP contribution in [-0.2, 0) is 10.0 Å². The number of hydrogen-bond donors (Lipinski definition) is 1. The number of ether oxygens (including phenoxy) is 1. The summed E-state index contributed by atoms with van der Waals surface area (Å²) in [5.41, 5.74) is 0. The van der Waals surface area contributed by atoms with E-state index in [1.807, 2.05) is 0 Å². The monoisotopic (exact) mass is 303 g/mol. The van der Waals surface area contributed by atoms with Crippen molar-refractivity contribution in [3.63, 3.8) is 0 Å². The molecule has 1 rings (SSSR count). The molecule has 0 heterocycles. The Bertz CT molecular complexity index is 466. The van der Waals surface area contributed by atoms with Gasteiger partial charge in [-0.15, -0.1) is 0 Å². The molecule has 1 aromatic carbocycles. The Balaban J connectivity index is 2.75. The van der Waals surface area contributed by atoms with Crippen LogP contribution in [0.4, 0.5) is 0 Å². The van der Waals surface area contributed by atoms with Crippen molar-refractivity contribution in [3.05, 3.63) is 27.2 Å². The van der Waals surface area contributed by atoms with E-state index in [0.29, 0.717) is 5.02 Å². The molecule has 0 aliphatic heterocycles. The molecule has 8 heteroatoms. The van der Waals surface area contributed by atoms with Crippen LogP contribution < -0.4 is 9.88 Å². The van der Waals surface area contributed by atoms with Crippen LogP contribution in [0.1, 0.15) is 0 Å². The highest BCUT2D eigenvalue weighted by molar-refractivity contribution is 7.89. The van der Waals surface area contributed by atoms with E-state index in [4.69, 9.17) is 44.7 Å². The third kappa shape index (κ3) is 4.35. The van der Waals surface area contributed by atoms with E-state index in [9.17, 15) is 8.42 Å². The molecule has 0 radical (unpaired) electrons. The summed E-state index contributed by atoms with van der Waals surface area (Å²) in [5, 5.41) is 5.60. The zero-order chi connectivity index (χ0) is 12.3. The average molecular weight is 305 g/mol. The number of nitrogens with two attached hydrogens (primary N) is 1. The molecule has 0 saturated heterocycles. The van der Waals surface area contributed by atoms with Crippen LogP contribution in [0.15, 0.2) is 12.1 Å². The summed E-state index contributed by atoms with van der Waals surface area (Å²) < 4.78 is 26.4. The first kappa shape index (κ1) is 13.9. The van der Waals surface area contributed by atoms with Crippen molar-refractivity contribution >= 4 is 44.8 Å². The minimum absolute atomic E-state index is 0.125.